The van der Waals surface area contributed by atoms with Crippen molar-refractivity contribution in [2.24, 2.45) is 0 Å². The number of hydrogen-bond acceptors (Lipinski definition) is 2. The predicted molar refractivity (Wildman–Crippen MR) is 78.9 cm³/mol. The summed E-state index contributed by atoms with van der Waals surface area (Å²) in [4.78, 5) is 1.06. The predicted octanol–water partition coefficient (Wildman–Crippen LogP) is 4.75. The van der Waals surface area contributed by atoms with Gasteiger partial charge in [0.05, 0.1) is 0 Å². The van der Waals surface area contributed by atoms with Crippen LogP contribution in [0.15, 0.2) is 46.2 Å². The van der Waals surface area contributed by atoms with E-state index in [1.54, 1.807) is 6.07 Å². The van der Waals surface area contributed by atoms with Crippen molar-refractivity contribution < 1.29 is 13.2 Å². The Kier molecular flexibility index (Phi) is 5.31. The smallest absolute Gasteiger partial charge is 0.140 e. The third kappa shape index (κ3) is 4.51. The van der Waals surface area contributed by atoms with Crippen molar-refractivity contribution in [2.45, 2.75) is 36.2 Å². The van der Waals surface area contributed by atoms with E-state index in [4.69, 9.17) is 0 Å². The molecular formula is C16H16F3NS. The summed E-state index contributed by atoms with van der Waals surface area (Å²) in [5.74, 6) is -1.57. The van der Waals surface area contributed by atoms with Gasteiger partial charge in [0.1, 0.15) is 17.5 Å². The van der Waals surface area contributed by atoms with Crippen molar-refractivity contribution in [1.82, 2.24) is 5.32 Å². The van der Waals surface area contributed by atoms with Gasteiger partial charge in [0.25, 0.3) is 0 Å². The second-order valence-electron chi connectivity index (χ2n) is 4.96. The van der Waals surface area contributed by atoms with Gasteiger partial charge >= 0.3 is 0 Å². The quantitative estimate of drug-likeness (QED) is 0.855. The van der Waals surface area contributed by atoms with E-state index < -0.39 is 11.6 Å². The Bertz CT molecular complexity index is 629. The lowest BCUT2D eigenvalue weighted by atomic mass is 10.2. The molecule has 112 valence electrons. The van der Waals surface area contributed by atoms with Crippen molar-refractivity contribution in [3.05, 3.63) is 59.4 Å². The molecule has 0 atom stereocenters. The number of nitrogens with one attached hydrogen (secondary N) is 1. The molecule has 1 N–H and O–H groups in total. The molecule has 2 aromatic carbocycles. The van der Waals surface area contributed by atoms with Gasteiger partial charge in [-0.15, -0.1) is 0 Å². The number of rotatable bonds is 5. The Labute approximate surface area is 126 Å². The Balaban J connectivity index is 2.26. The minimum Gasteiger partial charge on any atom is -0.310 e. The highest BCUT2D eigenvalue weighted by Gasteiger charge is 2.10. The minimum absolute atomic E-state index is 0.258. The topological polar surface area (TPSA) is 12.0 Å². The molecule has 0 saturated heterocycles. The molecule has 0 bridgehead atoms. The first-order chi connectivity index (χ1) is 9.95. The Morgan fingerprint density at radius 1 is 0.952 bits per heavy atom. The fourth-order valence-electron chi connectivity index (χ4n) is 1.78. The first-order valence-corrected chi connectivity index (χ1v) is 7.42. The van der Waals surface area contributed by atoms with Crippen molar-refractivity contribution in [3.63, 3.8) is 0 Å². The highest BCUT2D eigenvalue weighted by Crippen LogP contribution is 2.33. The van der Waals surface area contributed by atoms with E-state index in [0.717, 1.165) is 28.3 Å². The first-order valence-electron chi connectivity index (χ1n) is 6.60. The minimum atomic E-state index is -0.618. The van der Waals surface area contributed by atoms with Gasteiger partial charge in [-0.25, -0.2) is 13.2 Å². The van der Waals surface area contributed by atoms with Crippen LogP contribution in [0.5, 0.6) is 0 Å². The van der Waals surface area contributed by atoms with E-state index in [1.165, 1.54) is 24.3 Å². The molecule has 0 radical (unpaired) electrons. The van der Waals surface area contributed by atoms with Crippen molar-refractivity contribution in [2.75, 3.05) is 0 Å². The van der Waals surface area contributed by atoms with Crippen LogP contribution in [-0.4, -0.2) is 6.04 Å². The van der Waals surface area contributed by atoms with Crippen LogP contribution in [-0.2, 0) is 6.54 Å². The van der Waals surface area contributed by atoms with Crippen LogP contribution in [0.4, 0.5) is 13.2 Å². The van der Waals surface area contributed by atoms with Gasteiger partial charge in [-0.1, -0.05) is 25.6 Å². The summed E-state index contributed by atoms with van der Waals surface area (Å²) in [5.41, 5.74) is 0.748. The summed E-state index contributed by atoms with van der Waals surface area (Å²) in [6.45, 7) is 4.47. The van der Waals surface area contributed by atoms with Crippen LogP contribution in [0, 0.1) is 17.5 Å². The molecule has 2 rings (SSSR count). The summed E-state index contributed by atoms with van der Waals surface area (Å²) < 4.78 is 40.0. The van der Waals surface area contributed by atoms with Gasteiger partial charge in [0.2, 0.25) is 0 Å². The molecule has 0 aliphatic rings. The highest BCUT2D eigenvalue weighted by atomic mass is 32.2. The molecule has 0 aliphatic carbocycles. The highest BCUT2D eigenvalue weighted by molar-refractivity contribution is 7.99. The molecule has 0 aromatic heterocycles. The number of hydrogen-bond donors (Lipinski definition) is 1. The van der Waals surface area contributed by atoms with E-state index in [9.17, 15) is 13.2 Å². The standard InChI is InChI=1S/C16H16F3NS/c1-10(2)20-9-11-7-12(17)3-5-15(11)21-16-6-4-13(18)8-14(16)19/h3-8,10,20H,9H2,1-2H3. The molecule has 0 unspecified atom stereocenters. The molecule has 1 nitrogen and oxygen atoms in total. The summed E-state index contributed by atoms with van der Waals surface area (Å²) in [5, 5.41) is 3.21. The lowest BCUT2D eigenvalue weighted by molar-refractivity contribution is 0.565. The Morgan fingerprint density at radius 3 is 2.19 bits per heavy atom. The summed E-state index contributed by atoms with van der Waals surface area (Å²) in [6, 6.07) is 8.08. The maximum Gasteiger partial charge on any atom is 0.140 e. The van der Waals surface area contributed by atoms with Crippen LogP contribution in [0.3, 0.4) is 0 Å². The first kappa shape index (κ1) is 15.9. The SMILES string of the molecule is CC(C)NCc1cc(F)ccc1Sc1ccc(F)cc1F. The van der Waals surface area contributed by atoms with E-state index in [2.05, 4.69) is 5.32 Å². The monoisotopic (exact) mass is 311 g/mol. The molecule has 2 aromatic rings. The molecular weight excluding hydrogens is 295 g/mol. The van der Waals surface area contributed by atoms with E-state index >= 15 is 0 Å². The Morgan fingerprint density at radius 2 is 1.57 bits per heavy atom. The molecule has 0 aliphatic heterocycles. The third-order valence-electron chi connectivity index (χ3n) is 2.84. The average Bonchev–Trinajstić information content (AvgIpc) is 2.41. The molecule has 0 amide bonds. The fraction of sp³-hybridized carbons (Fsp3) is 0.250. The largest absolute Gasteiger partial charge is 0.310 e. The lowest BCUT2D eigenvalue weighted by Gasteiger charge is -2.13. The molecule has 0 fully saturated rings. The maximum atomic E-state index is 13.7. The van der Waals surface area contributed by atoms with E-state index in [-0.39, 0.29) is 11.9 Å². The van der Waals surface area contributed by atoms with Crippen molar-refractivity contribution >= 4 is 11.8 Å². The van der Waals surface area contributed by atoms with Gasteiger partial charge in [-0.2, -0.15) is 0 Å². The van der Waals surface area contributed by atoms with Gasteiger partial charge in [0, 0.05) is 28.4 Å². The van der Waals surface area contributed by atoms with Crippen LogP contribution in [0.25, 0.3) is 0 Å². The van der Waals surface area contributed by atoms with Gasteiger partial charge in [-0.3, -0.25) is 0 Å². The van der Waals surface area contributed by atoms with Crippen LogP contribution in [0.1, 0.15) is 19.4 Å². The lowest BCUT2D eigenvalue weighted by Crippen LogP contribution is -2.22. The van der Waals surface area contributed by atoms with Crippen molar-refractivity contribution in [3.8, 4) is 0 Å². The molecule has 0 saturated carbocycles. The van der Waals surface area contributed by atoms with Gasteiger partial charge in [0.15, 0.2) is 0 Å². The zero-order chi connectivity index (χ0) is 15.4. The second-order valence-corrected chi connectivity index (χ2v) is 6.05. The zero-order valence-electron chi connectivity index (χ0n) is 11.8. The van der Waals surface area contributed by atoms with E-state index in [0.29, 0.717) is 11.4 Å². The number of halogens is 3. The zero-order valence-corrected chi connectivity index (χ0v) is 12.6. The second kappa shape index (κ2) is 7.00. The summed E-state index contributed by atoms with van der Waals surface area (Å²) >= 11 is 1.16. The van der Waals surface area contributed by atoms with Crippen LogP contribution < -0.4 is 5.32 Å². The Hall–Kier alpha value is -1.46. The van der Waals surface area contributed by atoms with Crippen LogP contribution in [0.2, 0.25) is 0 Å². The summed E-state index contributed by atoms with van der Waals surface area (Å²) in [6.07, 6.45) is 0. The van der Waals surface area contributed by atoms with Gasteiger partial charge in [-0.05, 0) is 35.9 Å². The molecule has 0 heterocycles. The summed E-state index contributed by atoms with van der Waals surface area (Å²) in [7, 11) is 0. The van der Waals surface area contributed by atoms with Gasteiger partial charge < -0.3 is 5.32 Å². The fourth-order valence-corrected chi connectivity index (χ4v) is 2.70. The molecule has 21 heavy (non-hydrogen) atoms. The average molecular weight is 311 g/mol. The third-order valence-corrected chi connectivity index (χ3v) is 4.01. The maximum absolute atomic E-state index is 13.7. The molecule has 5 heteroatoms. The van der Waals surface area contributed by atoms with Crippen molar-refractivity contribution in [1.29, 1.82) is 0 Å². The normalized spacial score (nSPS) is 11.1. The van der Waals surface area contributed by atoms with E-state index in [1.807, 2.05) is 13.8 Å². The molecule has 0 spiro atoms. The number of benzene rings is 2. The van der Waals surface area contributed by atoms with Crippen LogP contribution >= 0.6 is 11.8 Å².